The van der Waals surface area contributed by atoms with Gasteiger partial charge in [0.15, 0.2) is 0 Å². The van der Waals surface area contributed by atoms with Gasteiger partial charge in [-0.3, -0.25) is 0 Å². The first-order chi connectivity index (χ1) is 7.75. The van der Waals surface area contributed by atoms with E-state index >= 15 is 0 Å². The first kappa shape index (κ1) is 11.7. The highest BCUT2D eigenvalue weighted by molar-refractivity contribution is 6.20. The molecular weight excluding hydrogens is 220 g/mol. The Morgan fingerprint density at radius 2 is 2.19 bits per heavy atom. The number of hydrogen-bond donors (Lipinski definition) is 1. The Morgan fingerprint density at radius 3 is 2.88 bits per heavy atom. The summed E-state index contributed by atoms with van der Waals surface area (Å²) in [6.07, 6.45) is 6.90. The number of hydrogen-bond acceptors (Lipinski definition) is 2. The second-order valence-electron chi connectivity index (χ2n) is 4.66. The Bertz CT molecular complexity index is 323. The molecule has 1 aliphatic rings. The monoisotopic (exact) mass is 238 g/mol. The van der Waals surface area contributed by atoms with E-state index in [1.54, 1.807) is 0 Å². The molecule has 0 aliphatic heterocycles. The summed E-state index contributed by atoms with van der Waals surface area (Å²) in [6, 6.07) is 4.11. The van der Waals surface area contributed by atoms with Gasteiger partial charge in [0.25, 0.3) is 0 Å². The molecule has 2 unspecified atom stereocenters. The van der Waals surface area contributed by atoms with Crippen LogP contribution in [0.25, 0.3) is 0 Å². The summed E-state index contributed by atoms with van der Waals surface area (Å²) < 4.78 is 0. The molecule has 0 saturated heterocycles. The van der Waals surface area contributed by atoms with Crippen molar-refractivity contribution in [2.75, 3.05) is 11.9 Å². The lowest BCUT2D eigenvalue weighted by atomic mass is 9.89. The number of nitrogens with zero attached hydrogens (tertiary/aromatic N) is 1. The van der Waals surface area contributed by atoms with Gasteiger partial charge < -0.3 is 5.32 Å². The van der Waals surface area contributed by atoms with E-state index in [1.807, 2.05) is 19.2 Å². The number of aromatic nitrogens is 1. The topological polar surface area (TPSA) is 24.9 Å². The average Bonchev–Trinajstić information content (AvgIpc) is 2.30. The van der Waals surface area contributed by atoms with E-state index in [1.165, 1.54) is 24.8 Å². The van der Waals surface area contributed by atoms with Crippen molar-refractivity contribution in [2.45, 2.75) is 38.0 Å². The molecule has 1 aromatic rings. The van der Waals surface area contributed by atoms with E-state index in [9.17, 15) is 0 Å². The second kappa shape index (κ2) is 5.53. The first-order valence-corrected chi connectivity index (χ1v) is 6.50. The number of pyridine rings is 1. The van der Waals surface area contributed by atoms with Gasteiger partial charge in [0.05, 0.1) is 0 Å². The Morgan fingerprint density at radius 1 is 1.38 bits per heavy atom. The number of halogens is 1. The van der Waals surface area contributed by atoms with Crippen LogP contribution in [0.2, 0.25) is 0 Å². The van der Waals surface area contributed by atoms with Crippen molar-refractivity contribution in [1.82, 2.24) is 4.98 Å². The number of aryl methyl sites for hydroxylation is 1. The van der Waals surface area contributed by atoms with Gasteiger partial charge in [-0.1, -0.05) is 18.9 Å². The highest BCUT2D eigenvalue weighted by Gasteiger charge is 2.22. The van der Waals surface area contributed by atoms with E-state index in [0.717, 1.165) is 18.8 Å². The molecule has 0 amide bonds. The van der Waals surface area contributed by atoms with Gasteiger partial charge >= 0.3 is 0 Å². The zero-order valence-electron chi connectivity index (χ0n) is 9.75. The zero-order chi connectivity index (χ0) is 11.4. The molecule has 1 N–H and O–H groups in total. The Hall–Kier alpha value is -0.760. The Labute approximate surface area is 102 Å². The van der Waals surface area contributed by atoms with E-state index < -0.39 is 0 Å². The molecule has 2 rings (SSSR count). The van der Waals surface area contributed by atoms with Crippen LogP contribution >= 0.6 is 11.6 Å². The number of nitrogens with one attached hydrogen (secondary N) is 1. The van der Waals surface area contributed by atoms with Crippen molar-refractivity contribution in [3.63, 3.8) is 0 Å². The van der Waals surface area contributed by atoms with E-state index in [0.29, 0.717) is 11.3 Å². The van der Waals surface area contributed by atoms with Crippen LogP contribution in [0.3, 0.4) is 0 Å². The average molecular weight is 239 g/mol. The highest BCUT2D eigenvalue weighted by atomic mass is 35.5. The van der Waals surface area contributed by atoms with Crippen LogP contribution in [0.1, 0.15) is 31.2 Å². The van der Waals surface area contributed by atoms with Crippen LogP contribution in [-0.2, 0) is 0 Å². The van der Waals surface area contributed by atoms with Crippen LogP contribution in [0, 0.1) is 12.8 Å². The summed E-state index contributed by atoms with van der Waals surface area (Å²) in [6.45, 7) is 3.00. The smallest absolute Gasteiger partial charge is 0.125 e. The maximum Gasteiger partial charge on any atom is 0.125 e. The minimum absolute atomic E-state index is 0.340. The molecule has 1 aliphatic carbocycles. The molecule has 3 heteroatoms. The summed E-state index contributed by atoms with van der Waals surface area (Å²) in [7, 11) is 0. The quantitative estimate of drug-likeness (QED) is 0.814. The van der Waals surface area contributed by atoms with E-state index in [2.05, 4.69) is 16.4 Å². The van der Waals surface area contributed by atoms with Crippen molar-refractivity contribution < 1.29 is 0 Å². The third-order valence-electron chi connectivity index (χ3n) is 3.27. The second-order valence-corrected chi connectivity index (χ2v) is 5.22. The third kappa shape index (κ3) is 3.11. The van der Waals surface area contributed by atoms with Gasteiger partial charge in [-0.05, 0) is 37.3 Å². The van der Waals surface area contributed by atoms with Gasteiger partial charge in [-0.2, -0.15) is 0 Å². The summed E-state index contributed by atoms with van der Waals surface area (Å²) >= 11 is 6.31. The lowest BCUT2D eigenvalue weighted by Crippen LogP contribution is -2.26. The standard InChI is InChI=1S/C13H19ClN2/c1-10-6-7-13(15-8-10)16-9-11-4-2-3-5-12(11)14/h6-8,11-12H,2-5,9H2,1H3,(H,15,16). The lowest BCUT2D eigenvalue weighted by Gasteiger charge is -2.27. The number of anilines is 1. The number of alkyl halides is 1. The van der Waals surface area contributed by atoms with Crippen LogP contribution in [-0.4, -0.2) is 16.9 Å². The van der Waals surface area contributed by atoms with Crippen molar-refractivity contribution in [3.05, 3.63) is 23.9 Å². The molecular formula is C13H19ClN2. The zero-order valence-corrected chi connectivity index (χ0v) is 10.5. The maximum atomic E-state index is 6.31. The van der Waals surface area contributed by atoms with Crippen LogP contribution in [0.4, 0.5) is 5.82 Å². The summed E-state index contributed by atoms with van der Waals surface area (Å²) in [5.41, 5.74) is 1.19. The highest BCUT2D eigenvalue weighted by Crippen LogP contribution is 2.28. The largest absolute Gasteiger partial charge is 0.370 e. The molecule has 0 bridgehead atoms. The fraction of sp³-hybridized carbons (Fsp3) is 0.615. The van der Waals surface area contributed by atoms with Crippen LogP contribution in [0.15, 0.2) is 18.3 Å². The minimum atomic E-state index is 0.340. The molecule has 2 nitrogen and oxygen atoms in total. The Kier molecular flexibility index (Phi) is 4.05. The molecule has 1 saturated carbocycles. The lowest BCUT2D eigenvalue weighted by molar-refractivity contribution is 0.380. The van der Waals surface area contributed by atoms with Gasteiger partial charge in [0, 0.05) is 18.1 Å². The molecule has 0 aromatic carbocycles. The predicted octanol–water partition coefficient (Wildman–Crippen LogP) is 3.60. The molecule has 2 atom stereocenters. The van der Waals surface area contributed by atoms with Crippen LogP contribution < -0.4 is 5.32 Å². The first-order valence-electron chi connectivity index (χ1n) is 6.06. The molecule has 1 aromatic heterocycles. The number of rotatable bonds is 3. The summed E-state index contributed by atoms with van der Waals surface area (Å²) in [5, 5.41) is 3.72. The maximum absolute atomic E-state index is 6.31. The predicted molar refractivity (Wildman–Crippen MR) is 69.1 cm³/mol. The van der Waals surface area contributed by atoms with Gasteiger partial charge in [-0.25, -0.2) is 4.98 Å². The molecule has 16 heavy (non-hydrogen) atoms. The van der Waals surface area contributed by atoms with Gasteiger partial charge in [0.1, 0.15) is 5.82 Å². The van der Waals surface area contributed by atoms with Crippen molar-refractivity contribution in [1.29, 1.82) is 0 Å². The Balaban J connectivity index is 1.84. The normalized spacial score (nSPS) is 25.4. The molecule has 0 spiro atoms. The van der Waals surface area contributed by atoms with Gasteiger partial charge in [0.2, 0.25) is 0 Å². The van der Waals surface area contributed by atoms with E-state index in [-0.39, 0.29) is 0 Å². The van der Waals surface area contributed by atoms with Crippen molar-refractivity contribution >= 4 is 17.4 Å². The van der Waals surface area contributed by atoms with E-state index in [4.69, 9.17) is 11.6 Å². The minimum Gasteiger partial charge on any atom is -0.370 e. The van der Waals surface area contributed by atoms with Gasteiger partial charge in [-0.15, -0.1) is 11.6 Å². The SMILES string of the molecule is Cc1ccc(NCC2CCCCC2Cl)nc1. The molecule has 1 fully saturated rings. The van der Waals surface area contributed by atoms with Crippen molar-refractivity contribution in [2.24, 2.45) is 5.92 Å². The fourth-order valence-corrected chi connectivity index (χ4v) is 2.57. The summed E-state index contributed by atoms with van der Waals surface area (Å²) in [4.78, 5) is 4.33. The molecule has 1 heterocycles. The fourth-order valence-electron chi connectivity index (χ4n) is 2.20. The van der Waals surface area contributed by atoms with Crippen LogP contribution in [0.5, 0.6) is 0 Å². The van der Waals surface area contributed by atoms with Crippen molar-refractivity contribution in [3.8, 4) is 0 Å². The molecule has 88 valence electrons. The summed E-state index contributed by atoms with van der Waals surface area (Å²) in [5.74, 6) is 1.55. The molecule has 0 radical (unpaired) electrons. The third-order valence-corrected chi connectivity index (χ3v) is 3.85.